The van der Waals surface area contributed by atoms with Crippen LogP contribution in [0.2, 0.25) is 0 Å². The summed E-state index contributed by atoms with van der Waals surface area (Å²) in [6.07, 6.45) is 0.00301. The van der Waals surface area contributed by atoms with E-state index in [0.717, 1.165) is 10.0 Å². The van der Waals surface area contributed by atoms with Crippen LogP contribution >= 0.6 is 15.9 Å². The summed E-state index contributed by atoms with van der Waals surface area (Å²) < 4.78 is 5.89. The lowest BCUT2D eigenvalue weighted by atomic mass is 10.1. The molecule has 5 nitrogen and oxygen atoms in total. The quantitative estimate of drug-likeness (QED) is 0.523. The summed E-state index contributed by atoms with van der Waals surface area (Å²) in [5.74, 6) is -1.08. The lowest BCUT2D eigenvalue weighted by Gasteiger charge is -2.14. The van der Waals surface area contributed by atoms with Crippen LogP contribution < -0.4 is 5.32 Å². The molecular weight excluding hydrogens is 398 g/mol. The molecule has 1 atom stereocenters. The Balaban J connectivity index is 1.70. The third kappa shape index (κ3) is 6.44. The average Bonchev–Trinajstić information content (AvgIpc) is 2.65. The molecule has 2 aromatic carbocycles. The fourth-order valence-electron chi connectivity index (χ4n) is 2.32. The third-order valence-corrected chi connectivity index (χ3v) is 4.29. The predicted molar refractivity (Wildman–Crippen MR) is 102 cm³/mol. The lowest BCUT2D eigenvalue weighted by Crippen LogP contribution is -2.31. The zero-order chi connectivity index (χ0) is 18.9. The summed E-state index contributed by atoms with van der Waals surface area (Å²) in [6, 6.07) is 16.1. The number of carbonyl (C=O) groups excluding carboxylic acids is 3. The Morgan fingerprint density at radius 1 is 1.00 bits per heavy atom. The lowest BCUT2D eigenvalue weighted by molar-refractivity contribution is -0.148. The highest BCUT2D eigenvalue weighted by molar-refractivity contribution is 9.10. The normalized spacial score (nSPS) is 11.5. The number of Topliss-reactive ketones (excluding diaryl/α,β-unsaturated/α-hetero) is 1. The largest absolute Gasteiger partial charge is 0.456 e. The van der Waals surface area contributed by atoms with Crippen LogP contribution in [0.3, 0.4) is 0 Å². The number of halogens is 1. The van der Waals surface area contributed by atoms with E-state index < -0.39 is 5.97 Å². The minimum Gasteiger partial charge on any atom is -0.456 e. The van der Waals surface area contributed by atoms with Crippen LogP contribution in [0.5, 0.6) is 0 Å². The van der Waals surface area contributed by atoms with E-state index in [1.165, 1.54) is 0 Å². The molecule has 0 aliphatic heterocycles. The van der Waals surface area contributed by atoms with Crippen LogP contribution in [0.25, 0.3) is 0 Å². The van der Waals surface area contributed by atoms with E-state index >= 15 is 0 Å². The van der Waals surface area contributed by atoms with Crippen molar-refractivity contribution in [3.8, 4) is 0 Å². The smallest absolute Gasteiger partial charge is 0.306 e. The molecule has 0 unspecified atom stereocenters. The molecule has 0 saturated heterocycles. The number of ether oxygens (including phenoxy) is 1. The summed E-state index contributed by atoms with van der Waals surface area (Å²) in [7, 11) is 0. The molecule has 2 aromatic rings. The predicted octanol–water partition coefficient (Wildman–Crippen LogP) is 3.83. The summed E-state index contributed by atoms with van der Waals surface area (Å²) in [5, 5.41) is 2.76. The zero-order valence-electron chi connectivity index (χ0n) is 14.4. The monoisotopic (exact) mass is 417 g/mol. The van der Waals surface area contributed by atoms with Crippen molar-refractivity contribution < 1.29 is 19.1 Å². The molecule has 6 heteroatoms. The van der Waals surface area contributed by atoms with Crippen molar-refractivity contribution in [2.24, 2.45) is 0 Å². The molecule has 0 saturated carbocycles. The van der Waals surface area contributed by atoms with Crippen molar-refractivity contribution in [3.05, 3.63) is 70.2 Å². The number of nitrogens with one attached hydrogen (secondary N) is 1. The van der Waals surface area contributed by atoms with Crippen molar-refractivity contribution in [3.63, 3.8) is 0 Å². The van der Waals surface area contributed by atoms with Gasteiger partial charge in [0, 0.05) is 16.5 Å². The number of hydrogen-bond donors (Lipinski definition) is 1. The van der Waals surface area contributed by atoms with Gasteiger partial charge in [-0.25, -0.2) is 0 Å². The summed E-state index contributed by atoms with van der Waals surface area (Å²) in [4.78, 5) is 35.5. The van der Waals surface area contributed by atoms with Crippen LogP contribution in [0, 0.1) is 0 Å². The van der Waals surface area contributed by atoms with Gasteiger partial charge in [-0.3, -0.25) is 14.4 Å². The van der Waals surface area contributed by atoms with Gasteiger partial charge in [-0.1, -0.05) is 58.4 Å². The Labute approximate surface area is 160 Å². The van der Waals surface area contributed by atoms with Crippen molar-refractivity contribution in [2.75, 3.05) is 6.61 Å². The SMILES string of the molecule is C[C@H](NC(=O)COC(=O)CCC(=O)c1ccccc1)c1ccc(Br)cc1. The molecule has 1 amide bonds. The molecule has 136 valence electrons. The fraction of sp³-hybridized carbons (Fsp3) is 0.250. The van der Waals surface area contributed by atoms with E-state index in [-0.39, 0.29) is 37.2 Å². The topological polar surface area (TPSA) is 72.5 Å². The highest BCUT2D eigenvalue weighted by Gasteiger charge is 2.13. The first-order chi connectivity index (χ1) is 12.5. The van der Waals surface area contributed by atoms with Gasteiger partial charge in [-0.05, 0) is 24.6 Å². The standard InChI is InChI=1S/C20H20BrNO4/c1-14(15-7-9-17(21)10-8-15)22-19(24)13-26-20(25)12-11-18(23)16-5-3-2-4-6-16/h2-10,14H,11-13H2,1H3,(H,22,24)/t14-/m0/s1. The maximum Gasteiger partial charge on any atom is 0.306 e. The van der Waals surface area contributed by atoms with Crippen molar-refractivity contribution in [2.45, 2.75) is 25.8 Å². The molecule has 2 rings (SSSR count). The van der Waals surface area contributed by atoms with Gasteiger partial charge in [0.05, 0.1) is 12.5 Å². The van der Waals surface area contributed by atoms with E-state index in [4.69, 9.17) is 4.74 Å². The van der Waals surface area contributed by atoms with Crippen LogP contribution in [0.15, 0.2) is 59.1 Å². The molecule has 26 heavy (non-hydrogen) atoms. The number of benzene rings is 2. The fourth-order valence-corrected chi connectivity index (χ4v) is 2.58. The van der Waals surface area contributed by atoms with Gasteiger partial charge < -0.3 is 10.1 Å². The summed E-state index contributed by atoms with van der Waals surface area (Å²) >= 11 is 3.36. The number of amides is 1. The van der Waals surface area contributed by atoms with E-state index in [0.29, 0.717) is 5.56 Å². The van der Waals surface area contributed by atoms with Gasteiger partial charge in [-0.15, -0.1) is 0 Å². The van der Waals surface area contributed by atoms with Crippen molar-refractivity contribution >= 4 is 33.6 Å². The first-order valence-electron chi connectivity index (χ1n) is 8.24. The van der Waals surface area contributed by atoms with Crippen LogP contribution in [0.1, 0.15) is 41.7 Å². The second-order valence-corrected chi connectivity index (χ2v) is 6.71. The Hall–Kier alpha value is -2.47. The van der Waals surface area contributed by atoms with Crippen LogP contribution in [-0.4, -0.2) is 24.3 Å². The third-order valence-electron chi connectivity index (χ3n) is 3.76. The summed E-state index contributed by atoms with van der Waals surface area (Å²) in [6.45, 7) is 1.49. The number of hydrogen-bond acceptors (Lipinski definition) is 4. The minimum atomic E-state index is -0.569. The van der Waals surface area contributed by atoms with Crippen molar-refractivity contribution in [1.29, 1.82) is 0 Å². The minimum absolute atomic E-state index is 0.0523. The molecule has 0 bridgehead atoms. The Morgan fingerprint density at radius 3 is 2.31 bits per heavy atom. The number of esters is 1. The Bertz CT molecular complexity index is 759. The van der Waals surface area contributed by atoms with Gasteiger partial charge in [0.15, 0.2) is 12.4 Å². The van der Waals surface area contributed by atoms with E-state index in [2.05, 4.69) is 21.2 Å². The van der Waals surface area contributed by atoms with Crippen molar-refractivity contribution in [1.82, 2.24) is 5.32 Å². The number of rotatable bonds is 8. The van der Waals surface area contributed by atoms with Gasteiger partial charge in [0.1, 0.15) is 0 Å². The van der Waals surface area contributed by atoms with Crippen LogP contribution in [-0.2, 0) is 14.3 Å². The number of carbonyl (C=O) groups is 3. The second kappa shape index (κ2) is 9.87. The van der Waals surface area contributed by atoms with Gasteiger partial charge in [0.2, 0.25) is 0 Å². The molecule has 0 aromatic heterocycles. The number of ketones is 1. The van der Waals surface area contributed by atoms with Crippen LogP contribution in [0.4, 0.5) is 0 Å². The Kier molecular flexibility index (Phi) is 7.53. The zero-order valence-corrected chi connectivity index (χ0v) is 16.0. The van der Waals surface area contributed by atoms with E-state index in [1.54, 1.807) is 24.3 Å². The molecule has 0 spiro atoms. The summed E-state index contributed by atoms with van der Waals surface area (Å²) in [5.41, 5.74) is 1.50. The van der Waals surface area contributed by atoms with E-state index in [1.807, 2.05) is 37.3 Å². The maximum absolute atomic E-state index is 11.9. The van der Waals surface area contributed by atoms with Gasteiger partial charge >= 0.3 is 5.97 Å². The molecule has 1 N–H and O–H groups in total. The molecule has 0 aliphatic carbocycles. The van der Waals surface area contributed by atoms with Gasteiger partial charge in [-0.2, -0.15) is 0 Å². The molecule has 0 heterocycles. The first-order valence-corrected chi connectivity index (χ1v) is 9.03. The highest BCUT2D eigenvalue weighted by Crippen LogP contribution is 2.16. The van der Waals surface area contributed by atoms with E-state index in [9.17, 15) is 14.4 Å². The molecule has 0 aliphatic rings. The molecule has 0 fully saturated rings. The average molecular weight is 418 g/mol. The molecular formula is C20H20BrNO4. The van der Waals surface area contributed by atoms with Gasteiger partial charge in [0.25, 0.3) is 5.91 Å². The highest BCUT2D eigenvalue weighted by atomic mass is 79.9. The maximum atomic E-state index is 11.9. The first kappa shape index (κ1) is 19.8. The second-order valence-electron chi connectivity index (χ2n) is 5.79. The Morgan fingerprint density at radius 2 is 1.65 bits per heavy atom. The molecule has 0 radical (unpaired) electrons.